The summed E-state index contributed by atoms with van der Waals surface area (Å²) >= 11 is 0. The first-order chi connectivity index (χ1) is 13.4. The van der Waals surface area contributed by atoms with E-state index in [1.54, 1.807) is 13.0 Å². The van der Waals surface area contributed by atoms with E-state index in [-0.39, 0.29) is 6.42 Å². The zero-order valence-electron chi connectivity index (χ0n) is 17.5. The van der Waals surface area contributed by atoms with Crippen molar-refractivity contribution in [3.8, 4) is 0 Å². The van der Waals surface area contributed by atoms with Crippen LogP contribution >= 0.6 is 0 Å². The molecule has 0 fully saturated rings. The molecule has 28 heavy (non-hydrogen) atoms. The minimum Gasteiger partial charge on any atom is -0.481 e. The van der Waals surface area contributed by atoms with Gasteiger partial charge in [-0.25, -0.2) is 9.59 Å². The fourth-order valence-electron chi connectivity index (χ4n) is 3.10. The number of rotatable bonds is 16. The highest BCUT2D eigenvalue weighted by molar-refractivity contribution is 5.91. The number of carbonyl (C=O) groups is 3. The van der Waals surface area contributed by atoms with Gasteiger partial charge in [0.1, 0.15) is 5.92 Å². The van der Waals surface area contributed by atoms with Crippen LogP contribution in [0.25, 0.3) is 0 Å². The van der Waals surface area contributed by atoms with Crippen LogP contribution < -0.4 is 0 Å². The Morgan fingerprint density at radius 2 is 1.54 bits per heavy atom. The van der Waals surface area contributed by atoms with Crippen LogP contribution in [-0.4, -0.2) is 33.7 Å². The number of ether oxygens (including phenoxy) is 1. The molecule has 0 spiro atoms. The number of carboxylic acids is 2. The van der Waals surface area contributed by atoms with Crippen molar-refractivity contribution in [2.24, 2.45) is 5.92 Å². The third-order valence-corrected chi connectivity index (χ3v) is 4.79. The van der Waals surface area contributed by atoms with Crippen molar-refractivity contribution < 1.29 is 29.3 Å². The number of hydrogen-bond donors (Lipinski definition) is 2. The minimum atomic E-state index is -2.13. The van der Waals surface area contributed by atoms with Gasteiger partial charge in [-0.2, -0.15) is 0 Å². The largest absolute Gasteiger partial charge is 0.481 e. The molecule has 6 nitrogen and oxygen atoms in total. The van der Waals surface area contributed by atoms with Crippen LogP contribution in [0.1, 0.15) is 85.0 Å². The van der Waals surface area contributed by atoms with Crippen LogP contribution in [-0.2, 0) is 19.1 Å². The van der Waals surface area contributed by atoms with E-state index in [4.69, 9.17) is 4.74 Å². The Morgan fingerprint density at radius 3 is 2.00 bits per heavy atom. The third-order valence-electron chi connectivity index (χ3n) is 4.79. The molecule has 0 saturated carbocycles. The second kappa shape index (κ2) is 14.9. The Hall–Kier alpha value is -2.11. The highest BCUT2D eigenvalue weighted by Crippen LogP contribution is 2.29. The van der Waals surface area contributed by atoms with Crippen LogP contribution in [0.2, 0.25) is 0 Å². The molecule has 0 aromatic carbocycles. The molecule has 0 amide bonds. The SMILES string of the molecule is C/C=C/C(=O)OC(CC)(C(=O)O)C(/C=C/CCCCCCCCCC)C(=O)O. The number of esters is 1. The van der Waals surface area contributed by atoms with Gasteiger partial charge in [0.25, 0.3) is 0 Å². The number of unbranched alkanes of at least 4 members (excludes halogenated alkanes) is 8. The van der Waals surface area contributed by atoms with Crippen molar-refractivity contribution in [3.63, 3.8) is 0 Å². The summed E-state index contributed by atoms with van der Waals surface area (Å²) in [6.07, 6.45) is 15.4. The smallest absolute Gasteiger partial charge is 0.349 e. The fourth-order valence-corrected chi connectivity index (χ4v) is 3.10. The molecule has 0 aliphatic carbocycles. The lowest BCUT2D eigenvalue weighted by molar-refractivity contribution is -0.185. The van der Waals surface area contributed by atoms with Crippen molar-refractivity contribution in [1.82, 2.24) is 0 Å². The standard InChI is InChI=1S/C22H36O6/c1-4-7-8-9-10-11-12-13-14-15-17-18(20(24)25)22(6-3,21(26)27)28-19(23)16-5-2/h5,15-18H,4,6-14H2,1-3H3,(H,24,25)(H,26,27)/b16-5+,17-15+. The van der Waals surface area contributed by atoms with Gasteiger partial charge < -0.3 is 14.9 Å². The summed E-state index contributed by atoms with van der Waals surface area (Å²) in [5.74, 6) is -5.10. The normalized spacial score (nSPS) is 14.8. The average molecular weight is 397 g/mol. The molecule has 0 heterocycles. The van der Waals surface area contributed by atoms with Gasteiger partial charge in [-0.1, -0.05) is 77.0 Å². The Kier molecular flexibility index (Phi) is 13.8. The molecule has 0 rings (SSSR count). The molecular formula is C22H36O6. The van der Waals surface area contributed by atoms with E-state index in [2.05, 4.69) is 6.92 Å². The maximum atomic E-state index is 11.8. The lowest BCUT2D eigenvalue weighted by Gasteiger charge is -2.31. The molecule has 2 N–H and O–H groups in total. The predicted molar refractivity (Wildman–Crippen MR) is 109 cm³/mol. The fraction of sp³-hybridized carbons (Fsp3) is 0.682. The summed E-state index contributed by atoms with van der Waals surface area (Å²) in [6, 6.07) is 0. The molecule has 0 bridgehead atoms. The highest BCUT2D eigenvalue weighted by Gasteiger charge is 2.50. The van der Waals surface area contributed by atoms with Gasteiger partial charge in [0.05, 0.1) is 0 Å². The number of aliphatic carboxylic acids is 2. The van der Waals surface area contributed by atoms with Crippen LogP contribution in [0.15, 0.2) is 24.3 Å². The van der Waals surface area contributed by atoms with E-state index in [1.165, 1.54) is 51.2 Å². The first-order valence-corrected chi connectivity index (χ1v) is 10.3. The van der Waals surface area contributed by atoms with Gasteiger partial charge in [-0.05, 0) is 26.2 Å². The number of allylic oxidation sites excluding steroid dienone is 2. The van der Waals surface area contributed by atoms with E-state index in [0.717, 1.165) is 25.3 Å². The zero-order valence-corrected chi connectivity index (χ0v) is 17.5. The van der Waals surface area contributed by atoms with E-state index in [0.29, 0.717) is 6.42 Å². The molecule has 0 aliphatic heterocycles. The maximum absolute atomic E-state index is 11.8. The Labute approximate surface area is 168 Å². The monoisotopic (exact) mass is 396 g/mol. The van der Waals surface area contributed by atoms with Gasteiger partial charge in [-0.3, -0.25) is 4.79 Å². The summed E-state index contributed by atoms with van der Waals surface area (Å²) in [5.41, 5.74) is -2.13. The van der Waals surface area contributed by atoms with Crippen LogP contribution in [0, 0.1) is 5.92 Å². The Bertz CT molecular complexity index is 537. The first kappa shape index (κ1) is 25.9. The van der Waals surface area contributed by atoms with Crippen LogP contribution in [0.4, 0.5) is 0 Å². The molecule has 2 atom stereocenters. The Morgan fingerprint density at radius 1 is 0.964 bits per heavy atom. The van der Waals surface area contributed by atoms with Crippen molar-refractivity contribution in [2.75, 3.05) is 0 Å². The predicted octanol–water partition coefficient (Wildman–Crippen LogP) is 5.13. The first-order valence-electron chi connectivity index (χ1n) is 10.3. The van der Waals surface area contributed by atoms with E-state index < -0.39 is 29.4 Å². The third kappa shape index (κ3) is 9.20. The maximum Gasteiger partial charge on any atom is 0.349 e. The van der Waals surface area contributed by atoms with Gasteiger partial charge >= 0.3 is 17.9 Å². The van der Waals surface area contributed by atoms with Gasteiger partial charge in [0.2, 0.25) is 5.60 Å². The van der Waals surface area contributed by atoms with Crippen molar-refractivity contribution >= 4 is 17.9 Å². The molecule has 0 aliphatic rings. The summed E-state index contributed by atoms with van der Waals surface area (Å²) in [4.78, 5) is 35.3. The minimum absolute atomic E-state index is 0.148. The summed E-state index contributed by atoms with van der Waals surface area (Å²) in [6.45, 7) is 5.28. The van der Waals surface area contributed by atoms with Crippen LogP contribution in [0.3, 0.4) is 0 Å². The van der Waals surface area contributed by atoms with Gasteiger partial charge in [-0.15, -0.1) is 0 Å². The summed E-state index contributed by atoms with van der Waals surface area (Å²) < 4.78 is 5.10. The molecule has 0 aromatic rings. The number of hydrogen-bond acceptors (Lipinski definition) is 4. The summed E-state index contributed by atoms with van der Waals surface area (Å²) in [5, 5.41) is 19.2. The quantitative estimate of drug-likeness (QED) is 0.162. The number of carbonyl (C=O) groups excluding carboxylic acids is 1. The van der Waals surface area contributed by atoms with E-state index in [1.807, 2.05) is 0 Å². The highest BCUT2D eigenvalue weighted by atomic mass is 16.6. The van der Waals surface area contributed by atoms with Crippen molar-refractivity contribution in [1.29, 1.82) is 0 Å². The van der Waals surface area contributed by atoms with Crippen molar-refractivity contribution in [2.45, 2.75) is 90.6 Å². The molecule has 160 valence electrons. The molecule has 0 radical (unpaired) electrons. The lowest BCUT2D eigenvalue weighted by atomic mass is 9.84. The molecule has 2 unspecified atom stereocenters. The van der Waals surface area contributed by atoms with E-state index in [9.17, 15) is 24.6 Å². The molecule has 0 aromatic heterocycles. The van der Waals surface area contributed by atoms with Crippen molar-refractivity contribution in [3.05, 3.63) is 24.3 Å². The second-order valence-electron chi connectivity index (χ2n) is 6.98. The topological polar surface area (TPSA) is 101 Å². The summed E-state index contributed by atoms with van der Waals surface area (Å²) in [7, 11) is 0. The number of carboxylic acid groups (broad SMARTS) is 2. The molecule has 6 heteroatoms. The molecule has 0 saturated heterocycles. The van der Waals surface area contributed by atoms with Gasteiger partial charge in [0.15, 0.2) is 0 Å². The molecular weight excluding hydrogens is 360 g/mol. The zero-order chi connectivity index (χ0) is 21.4. The average Bonchev–Trinajstić information content (AvgIpc) is 2.64. The van der Waals surface area contributed by atoms with E-state index >= 15 is 0 Å². The van der Waals surface area contributed by atoms with Crippen LogP contribution in [0.5, 0.6) is 0 Å². The second-order valence-corrected chi connectivity index (χ2v) is 6.98. The lowest BCUT2D eigenvalue weighted by Crippen LogP contribution is -2.51. The Balaban J connectivity index is 4.82. The van der Waals surface area contributed by atoms with Gasteiger partial charge in [0, 0.05) is 6.08 Å².